The third-order valence-electron chi connectivity index (χ3n) is 3.14. The number of hydrazine groups is 1. The van der Waals surface area contributed by atoms with E-state index in [1.807, 2.05) is 0 Å². The summed E-state index contributed by atoms with van der Waals surface area (Å²) in [5.74, 6) is -0.444. The van der Waals surface area contributed by atoms with E-state index in [2.05, 4.69) is 16.2 Å². The number of nitrogens with one attached hydrogen (secondary N) is 3. The van der Waals surface area contributed by atoms with Gasteiger partial charge in [0.2, 0.25) is 0 Å². The third kappa shape index (κ3) is 6.41. The molecule has 0 unspecified atom stereocenters. The second-order valence-corrected chi connectivity index (χ2v) is 7.68. The van der Waals surface area contributed by atoms with Crippen LogP contribution in [0.25, 0.3) is 0 Å². The summed E-state index contributed by atoms with van der Waals surface area (Å²) in [5, 5.41) is 4.67. The highest BCUT2D eigenvalue weighted by atomic mass is 35.5. The molecule has 0 radical (unpaired) electrons. The van der Waals surface area contributed by atoms with Gasteiger partial charge in [-0.2, -0.15) is 0 Å². The highest BCUT2D eigenvalue weighted by Crippen LogP contribution is 2.35. The van der Waals surface area contributed by atoms with E-state index in [0.29, 0.717) is 21.4 Å². The van der Waals surface area contributed by atoms with Gasteiger partial charge in [0.1, 0.15) is 5.82 Å². The van der Waals surface area contributed by atoms with E-state index < -0.39 is 5.97 Å². The first-order chi connectivity index (χ1) is 13.2. The molecule has 2 aromatic carbocycles. The predicted octanol–water partition coefficient (Wildman–Crippen LogP) is 7.04. The van der Waals surface area contributed by atoms with Crippen molar-refractivity contribution in [3.05, 3.63) is 66.3 Å². The van der Waals surface area contributed by atoms with Gasteiger partial charge >= 0.3 is 5.97 Å². The molecular weight excluding hydrogens is 491 g/mol. The Kier molecular flexibility index (Phi) is 8.68. The summed E-state index contributed by atoms with van der Waals surface area (Å²) in [6.45, 7) is 1.89. The number of halogens is 6. The van der Waals surface area contributed by atoms with Crippen LogP contribution >= 0.6 is 69.6 Å². The zero-order chi connectivity index (χ0) is 20.8. The minimum Gasteiger partial charge on any atom is -0.463 e. The molecule has 0 spiro atoms. The molecule has 0 atom stereocenters. The lowest BCUT2D eigenvalue weighted by atomic mass is 10.3. The molecule has 11 heteroatoms. The minimum atomic E-state index is -0.603. The summed E-state index contributed by atoms with van der Waals surface area (Å²) in [4.78, 5) is 11.9. The third-order valence-corrected chi connectivity index (χ3v) is 4.77. The number of rotatable bonds is 7. The molecule has 0 aromatic heterocycles. The summed E-state index contributed by atoms with van der Waals surface area (Å²) in [5.41, 5.74) is 6.25. The van der Waals surface area contributed by atoms with Gasteiger partial charge in [-0.05, 0) is 31.2 Å². The highest BCUT2D eigenvalue weighted by molar-refractivity contribution is 6.42. The standard InChI is InChI=1S/C17H13Cl6N3O2/c1-2-28-15(27)7-14(24-16-10(20)3-8(18)4-11(16)21)25-26-17-12(22)5-9(19)6-13(17)23/h3-7,24-26H,2H2,1H3/b14-7+. The first-order valence-corrected chi connectivity index (χ1v) is 9.94. The van der Waals surface area contributed by atoms with Crippen LogP contribution in [-0.2, 0) is 9.53 Å². The molecule has 0 saturated carbocycles. The van der Waals surface area contributed by atoms with Gasteiger partial charge in [-0.15, -0.1) is 0 Å². The van der Waals surface area contributed by atoms with Crippen LogP contribution in [0, 0.1) is 0 Å². The van der Waals surface area contributed by atoms with E-state index in [0.717, 1.165) is 6.08 Å². The number of hydrogen-bond acceptors (Lipinski definition) is 5. The van der Waals surface area contributed by atoms with Crippen LogP contribution < -0.4 is 16.2 Å². The molecule has 0 saturated heterocycles. The maximum Gasteiger partial charge on any atom is 0.334 e. The number of ether oxygens (including phenoxy) is 1. The zero-order valence-electron chi connectivity index (χ0n) is 14.2. The monoisotopic (exact) mass is 501 g/mol. The smallest absolute Gasteiger partial charge is 0.334 e. The Hall–Kier alpha value is -1.21. The van der Waals surface area contributed by atoms with Crippen LogP contribution in [0.1, 0.15) is 6.92 Å². The lowest BCUT2D eigenvalue weighted by Crippen LogP contribution is -2.27. The highest BCUT2D eigenvalue weighted by Gasteiger charge is 2.13. The number of carbonyl (C=O) groups is 1. The SMILES string of the molecule is CCOC(=O)/C=C(/NNc1c(Cl)cc(Cl)cc1Cl)Nc1c(Cl)cc(Cl)cc1Cl. The predicted molar refractivity (Wildman–Crippen MR) is 118 cm³/mol. The molecule has 2 aromatic rings. The molecule has 0 amide bonds. The normalized spacial score (nSPS) is 11.2. The fourth-order valence-electron chi connectivity index (χ4n) is 1.99. The fourth-order valence-corrected chi connectivity index (χ4v) is 3.82. The lowest BCUT2D eigenvalue weighted by molar-refractivity contribution is -0.137. The molecule has 0 heterocycles. The first-order valence-electron chi connectivity index (χ1n) is 7.67. The maximum atomic E-state index is 11.9. The molecule has 150 valence electrons. The molecule has 0 fully saturated rings. The van der Waals surface area contributed by atoms with E-state index in [1.165, 1.54) is 24.3 Å². The molecule has 2 rings (SSSR count). The van der Waals surface area contributed by atoms with E-state index in [-0.39, 0.29) is 32.5 Å². The van der Waals surface area contributed by atoms with Gasteiger partial charge in [-0.1, -0.05) is 69.6 Å². The Morgan fingerprint density at radius 3 is 1.82 bits per heavy atom. The Morgan fingerprint density at radius 2 is 1.36 bits per heavy atom. The van der Waals surface area contributed by atoms with Crippen molar-refractivity contribution in [3.8, 4) is 0 Å². The van der Waals surface area contributed by atoms with Gasteiger partial charge in [0, 0.05) is 10.0 Å². The van der Waals surface area contributed by atoms with Crippen molar-refractivity contribution in [1.29, 1.82) is 0 Å². The van der Waals surface area contributed by atoms with Crippen molar-refractivity contribution in [1.82, 2.24) is 5.43 Å². The van der Waals surface area contributed by atoms with E-state index in [9.17, 15) is 4.79 Å². The van der Waals surface area contributed by atoms with Crippen molar-refractivity contribution in [3.63, 3.8) is 0 Å². The molecule has 0 aliphatic heterocycles. The Morgan fingerprint density at radius 1 is 0.893 bits per heavy atom. The van der Waals surface area contributed by atoms with Crippen molar-refractivity contribution in [2.24, 2.45) is 0 Å². The maximum absolute atomic E-state index is 11.9. The van der Waals surface area contributed by atoms with Crippen LogP contribution in [0.5, 0.6) is 0 Å². The van der Waals surface area contributed by atoms with Crippen molar-refractivity contribution in [2.45, 2.75) is 6.92 Å². The van der Waals surface area contributed by atoms with Crippen molar-refractivity contribution in [2.75, 3.05) is 17.3 Å². The number of anilines is 2. The van der Waals surface area contributed by atoms with Crippen LogP contribution in [0.3, 0.4) is 0 Å². The first kappa shape index (κ1) is 23.1. The number of carbonyl (C=O) groups excluding carboxylic acids is 1. The molecule has 3 N–H and O–H groups in total. The summed E-state index contributed by atoms with van der Waals surface area (Å²) in [6.07, 6.45) is 1.16. The number of benzene rings is 2. The Balaban J connectivity index is 2.30. The summed E-state index contributed by atoms with van der Waals surface area (Å²) >= 11 is 36.5. The van der Waals surface area contributed by atoms with E-state index in [1.54, 1.807) is 6.92 Å². The van der Waals surface area contributed by atoms with Crippen LogP contribution in [0.4, 0.5) is 11.4 Å². The average molecular weight is 504 g/mol. The largest absolute Gasteiger partial charge is 0.463 e. The Labute approximate surface area is 191 Å². The molecule has 0 bridgehead atoms. The molecule has 0 aliphatic rings. The van der Waals surface area contributed by atoms with Crippen LogP contribution in [0.2, 0.25) is 30.1 Å². The minimum absolute atomic E-state index is 0.159. The summed E-state index contributed by atoms with van der Waals surface area (Å²) < 4.78 is 4.93. The van der Waals surface area contributed by atoms with Crippen LogP contribution in [0.15, 0.2) is 36.2 Å². The number of hydrogen-bond donors (Lipinski definition) is 3. The van der Waals surface area contributed by atoms with Crippen LogP contribution in [-0.4, -0.2) is 12.6 Å². The van der Waals surface area contributed by atoms with Gasteiger partial charge in [-0.3, -0.25) is 10.9 Å². The van der Waals surface area contributed by atoms with Crippen molar-refractivity contribution >= 4 is 86.9 Å². The molecule has 28 heavy (non-hydrogen) atoms. The van der Waals surface area contributed by atoms with Gasteiger partial charge in [0.25, 0.3) is 0 Å². The molecule has 5 nitrogen and oxygen atoms in total. The van der Waals surface area contributed by atoms with E-state index >= 15 is 0 Å². The Bertz CT molecular complexity index is 874. The van der Waals surface area contributed by atoms with Gasteiger partial charge in [0.15, 0.2) is 0 Å². The van der Waals surface area contributed by atoms with Gasteiger partial charge < -0.3 is 10.1 Å². The lowest BCUT2D eigenvalue weighted by Gasteiger charge is -2.18. The van der Waals surface area contributed by atoms with Crippen molar-refractivity contribution < 1.29 is 9.53 Å². The quantitative estimate of drug-likeness (QED) is 0.215. The number of esters is 1. The second-order valence-electron chi connectivity index (χ2n) is 5.17. The topological polar surface area (TPSA) is 62.4 Å². The second kappa shape index (κ2) is 10.5. The summed E-state index contributed by atoms with van der Waals surface area (Å²) in [6, 6.07) is 6.02. The van der Waals surface area contributed by atoms with Gasteiger partial charge in [0.05, 0.1) is 44.1 Å². The fraction of sp³-hybridized carbons (Fsp3) is 0.118. The van der Waals surface area contributed by atoms with E-state index in [4.69, 9.17) is 74.3 Å². The molecule has 0 aliphatic carbocycles. The summed E-state index contributed by atoms with van der Waals surface area (Å²) in [7, 11) is 0. The average Bonchev–Trinajstić information content (AvgIpc) is 2.56. The zero-order valence-corrected chi connectivity index (χ0v) is 18.7. The molecular formula is C17H13Cl6N3O2. The van der Waals surface area contributed by atoms with Gasteiger partial charge in [-0.25, -0.2) is 4.79 Å².